The predicted molar refractivity (Wildman–Crippen MR) is 74.4 cm³/mol. The van der Waals surface area contributed by atoms with Crippen LogP contribution >= 0.6 is 0 Å². The predicted octanol–water partition coefficient (Wildman–Crippen LogP) is 2.48. The number of aromatic nitrogens is 1. The fourth-order valence-corrected chi connectivity index (χ4v) is 2.02. The third-order valence-corrected chi connectivity index (χ3v) is 2.87. The number of anilines is 1. The minimum Gasteiger partial charge on any atom is -0.369 e. The van der Waals surface area contributed by atoms with Gasteiger partial charge in [0.25, 0.3) is 0 Å². The number of hydrogen-bond acceptors (Lipinski definition) is 4. The number of pyridine rings is 1. The van der Waals surface area contributed by atoms with Gasteiger partial charge in [0.2, 0.25) is 0 Å². The molecule has 4 heteroatoms. The van der Waals surface area contributed by atoms with Gasteiger partial charge in [-0.25, -0.2) is 4.98 Å². The lowest BCUT2D eigenvalue weighted by molar-refractivity contribution is 0.182. The van der Waals surface area contributed by atoms with Gasteiger partial charge in [0.15, 0.2) is 0 Å². The van der Waals surface area contributed by atoms with Crippen LogP contribution in [0, 0.1) is 11.3 Å². The number of nitrogens with one attached hydrogen (secondary N) is 1. The largest absolute Gasteiger partial charge is 0.369 e. The highest BCUT2D eigenvalue weighted by molar-refractivity contribution is 5.38. The Labute approximate surface area is 110 Å². The summed E-state index contributed by atoms with van der Waals surface area (Å²) in [6, 6.07) is 8.54. The van der Waals surface area contributed by atoms with Crippen LogP contribution in [-0.4, -0.2) is 35.1 Å². The molecular formula is C14H22N4. The average molecular weight is 246 g/mol. The van der Waals surface area contributed by atoms with Crippen molar-refractivity contribution in [2.45, 2.75) is 39.8 Å². The van der Waals surface area contributed by atoms with Gasteiger partial charge in [-0.15, -0.1) is 0 Å². The summed E-state index contributed by atoms with van der Waals surface area (Å²) in [5, 5.41) is 12.0. The number of hydrogen-bond donors (Lipinski definition) is 1. The van der Waals surface area contributed by atoms with Crippen molar-refractivity contribution in [1.29, 1.82) is 5.26 Å². The Balaban J connectivity index is 2.48. The summed E-state index contributed by atoms with van der Waals surface area (Å²) in [6.07, 6.45) is 0. The van der Waals surface area contributed by atoms with Crippen molar-refractivity contribution in [3.05, 3.63) is 23.9 Å². The van der Waals surface area contributed by atoms with E-state index in [2.05, 4.69) is 42.9 Å². The Hall–Kier alpha value is -1.60. The maximum atomic E-state index is 8.77. The Morgan fingerprint density at radius 3 is 2.50 bits per heavy atom. The SMILES string of the molecule is CC(C)N(CCNc1cccc(C#N)n1)C(C)C. The molecular weight excluding hydrogens is 224 g/mol. The summed E-state index contributed by atoms with van der Waals surface area (Å²) < 4.78 is 0. The molecule has 18 heavy (non-hydrogen) atoms. The molecule has 0 radical (unpaired) electrons. The van der Waals surface area contributed by atoms with E-state index < -0.39 is 0 Å². The molecule has 1 heterocycles. The minimum absolute atomic E-state index is 0.449. The van der Waals surface area contributed by atoms with Crippen LogP contribution in [0.3, 0.4) is 0 Å². The summed E-state index contributed by atoms with van der Waals surface area (Å²) in [4.78, 5) is 6.60. The van der Waals surface area contributed by atoms with Gasteiger partial charge in [-0.3, -0.25) is 4.90 Å². The van der Waals surface area contributed by atoms with Crippen LogP contribution in [-0.2, 0) is 0 Å². The van der Waals surface area contributed by atoms with E-state index in [0.29, 0.717) is 17.8 Å². The number of nitrogens with zero attached hydrogens (tertiary/aromatic N) is 3. The second kappa shape index (κ2) is 6.97. The van der Waals surface area contributed by atoms with Gasteiger partial charge >= 0.3 is 0 Å². The number of rotatable bonds is 6. The van der Waals surface area contributed by atoms with Crippen molar-refractivity contribution in [3.8, 4) is 6.07 Å². The van der Waals surface area contributed by atoms with Crippen LogP contribution in [0.1, 0.15) is 33.4 Å². The third-order valence-electron chi connectivity index (χ3n) is 2.87. The van der Waals surface area contributed by atoms with Crippen LogP contribution in [0.5, 0.6) is 0 Å². The second-order valence-corrected chi connectivity index (χ2v) is 4.87. The summed E-state index contributed by atoms with van der Waals surface area (Å²) in [7, 11) is 0. The first-order chi connectivity index (χ1) is 8.54. The number of nitriles is 1. The van der Waals surface area contributed by atoms with E-state index >= 15 is 0 Å². The topological polar surface area (TPSA) is 52.0 Å². The fraction of sp³-hybridized carbons (Fsp3) is 0.571. The molecule has 0 fully saturated rings. The molecule has 0 spiro atoms. The van der Waals surface area contributed by atoms with Gasteiger partial charge in [-0.05, 0) is 39.8 Å². The van der Waals surface area contributed by atoms with Crippen molar-refractivity contribution < 1.29 is 0 Å². The van der Waals surface area contributed by atoms with Gasteiger partial charge < -0.3 is 5.32 Å². The first-order valence-electron chi connectivity index (χ1n) is 6.41. The molecule has 1 rings (SSSR count). The van der Waals surface area contributed by atoms with E-state index in [9.17, 15) is 0 Å². The fourth-order valence-electron chi connectivity index (χ4n) is 2.02. The lowest BCUT2D eigenvalue weighted by Crippen LogP contribution is -2.40. The van der Waals surface area contributed by atoms with Gasteiger partial charge in [0, 0.05) is 25.2 Å². The van der Waals surface area contributed by atoms with Gasteiger partial charge in [-0.1, -0.05) is 6.07 Å². The molecule has 0 atom stereocenters. The summed E-state index contributed by atoms with van der Waals surface area (Å²) in [5.41, 5.74) is 0.449. The first kappa shape index (κ1) is 14.5. The molecule has 1 aromatic heterocycles. The van der Waals surface area contributed by atoms with Crippen LogP contribution in [0.25, 0.3) is 0 Å². The summed E-state index contributed by atoms with van der Waals surface area (Å²) >= 11 is 0. The molecule has 1 aromatic rings. The summed E-state index contributed by atoms with van der Waals surface area (Å²) in [6.45, 7) is 10.6. The van der Waals surface area contributed by atoms with Crippen molar-refractivity contribution >= 4 is 5.82 Å². The first-order valence-corrected chi connectivity index (χ1v) is 6.41. The highest BCUT2D eigenvalue weighted by Gasteiger charge is 2.12. The Morgan fingerprint density at radius 1 is 1.28 bits per heavy atom. The van der Waals surface area contributed by atoms with Gasteiger partial charge in [0.05, 0.1) is 0 Å². The minimum atomic E-state index is 0.449. The third kappa shape index (κ3) is 4.34. The normalized spacial score (nSPS) is 11.0. The molecule has 0 aromatic carbocycles. The van der Waals surface area contributed by atoms with Crippen LogP contribution in [0.15, 0.2) is 18.2 Å². The van der Waals surface area contributed by atoms with E-state index in [1.54, 1.807) is 6.07 Å². The molecule has 4 nitrogen and oxygen atoms in total. The zero-order valence-electron chi connectivity index (χ0n) is 11.6. The van der Waals surface area contributed by atoms with E-state index in [1.165, 1.54) is 0 Å². The molecule has 98 valence electrons. The molecule has 0 bridgehead atoms. The zero-order valence-corrected chi connectivity index (χ0v) is 11.6. The maximum absolute atomic E-state index is 8.77. The quantitative estimate of drug-likeness (QED) is 0.838. The van der Waals surface area contributed by atoms with Crippen LogP contribution in [0.2, 0.25) is 0 Å². The average Bonchev–Trinajstić information content (AvgIpc) is 2.34. The van der Waals surface area contributed by atoms with E-state index in [1.807, 2.05) is 18.2 Å². The zero-order chi connectivity index (χ0) is 13.5. The smallest absolute Gasteiger partial charge is 0.142 e. The molecule has 0 aliphatic carbocycles. The highest BCUT2D eigenvalue weighted by Crippen LogP contribution is 2.06. The van der Waals surface area contributed by atoms with Crippen molar-refractivity contribution in [2.75, 3.05) is 18.4 Å². The lowest BCUT2D eigenvalue weighted by atomic mass is 10.2. The second-order valence-electron chi connectivity index (χ2n) is 4.87. The monoisotopic (exact) mass is 246 g/mol. The Bertz CT molecular complexity index is 399. The lowest BCUT2D eigenvalue weighted by Gasteiger charge is -2.30. The standard InChI is InChI=1S/C14H22N4/c1-11(2)18(12(3)4)9-8-16-14-7-5-6-13(10-15)17-14/h5-7,11-12H,8-9H2,1-4H3,(H,16,17). The molecule has 0 saturated heterocycles. The van der Waals surface area contributed by atoms with Crippen molar-refractivity contribution in [3.63, 3.8) is 0 Å². The molecule has 1 N–H and O–H groups in total. The maximum Gasteiger partial charge on any atom is 0.142 e. The van der Waals surface area contributed by atoms with Crippen LogP contribution < -0.4 is 5.32 Å². The van der Waals surface area contributed by atoms with Gasteiger partial charge in [-0.2, -0.15) is 5.26 Å². The van der Waals surface area contributed by atoms with E-state index in [4.69, 9.17) is 5.26 Å². The van der Waals surface area contributed by atoms with Crippen molar-refractivity contribution in [2.24, 2.45) is 0 Å². The van der Waals surface area contributed by atoms with Gasteiger partial charge in [0.1, 0.15) is 17.6 Å². The van der Waals surface area contributed by atoms with E-state index in [-0.39, 0.29) is 0 Å². The van der Waals surface area contributed by atoms with E-state index in [0.717, 1.165) is 18.9 Å². The molecule has 0 unspecified atom stereocenters. The Kier molecular flexibility index (Phi) is 5.60. The Morgan fingerprint density at radius 2 is 1.94 bits per heavy atom. The molecule has 0 aliphatic rings. The highest BCUT2D eigenvalue weighted by atomic mass is 15.2. The summed E-state index contributed by atoms with van der Waals surface area (Å²) in [5.74, 6) is 0.765. The van der Waals surface area contributed by atoms with Crippen LogP contribution in [0.4, 0.5) is 5.82 Å². The molecule has 0 aliphatic heterocycles. The molecule has 0 saturated carbocycles. The molecule has 0 amide bonds. The van der Waals surface area contributed by atoms with Crippen molar-refractivity contribution in [1.82, 2.24) is 9.88 Å².